The number of ether oxygens (including phenoxy) is 2. The third-order valence-electron chi connectivity index (χ3n) is 4.61. The third-order valence-corrected chi connectivity index (χ3v) is 4.61. The zero-order valence-corrected chi connectivity index (χ0v) is 16.3. The van der Waals surface area contributed by atoms with Crippen LogP contribution in [0.15, 0.2) is 84.4 Å². The summed E-state index contributed by atoms with van der Waals surface area (Å²) in [6.45, 7) is 0.759. The Morgan fingerprint density at radius 1 is 1.00 bits per heavy atom. The molecule has 0 atom stereocenters. The lowest BCUT2D eigenvalue weighted by Gasteiger charge is -2.20. The lowest BCUT2D eigenvalue weighted by atomic mass is 10.1. The van der Waals surface area contributed by atoms with E-state index in [0.29, 0.717) is 17.4 Å². The highest BCUT2D eigenvalue weighted by Crippen LogP contribution is 2.31. The van der Waals surface area contributed by atoms with Crippen LogP contribution >= 0.6 is 0 Å². The molecule has 0 saturated carbocycles. The first kappa shape index (κ1) is 19.5. The first-order valence-electron chi connectivity index (χ1n) is 9.65. The molecule has 2 N–H and O–H groups in total. The van der Waals surface area contributed by atoms with Crippen LogP contribution in [0.3, 0.4) is 0 Å². The molecule has 0 aliphatic carbocycles. The summed E-state index contributed by atoms with van der Waals surface area (Å²) < 4.78 is 11.7. The van der Waals surface area contributed by atoms with E-state index < -0.39 is 6.03 Å². The van der Waals surface area contributed by atoms with Gasteiger partial charge in [-0.3, -0.25) is 5.21 Å². The fraction of sp³-hybridized carbons (Fsp3) is 0.125. The van der Waals surface area contributed by atoms with E-state index in [0.717, 1.165) is 28.2 Å². The van der Waals surface area contributed by atoms with Crippen LogP contribution in [0.4, 0.5) is 4.79 Å². The van der Waals surface area contributed by atoms with Gasteiger partial charge in [-0.2, -0.15) is 0 Å². The van der Waals surface area contributed by atoms with E-state index in [2.05, 4.69) is 5.32 Å². The van der Waals surface area contributed by atoms with Crippen molar-refractivity contribution in [2.45, 2.75) is 6.54 Å². The van der Waals surface area contributed by atoms with Crippen LogP contribution in [-0.2, 0) is 6.54 Å². The summed E-state index contributed by atoms with van der Waals surface area (Å²) in [5.74, 6) is 2.22. The summed E-state index contributed by atoms with van der Waals surface area (Å²) >= 11 is 0. The minimum Gasteiger partial charge on any atom is -0.489 e. The zero-order chi connectivity index (χ0) is 20.8. The average Bonchev–Trinajstić information content (AvgIpc) is 2.78. The highest BCUT2D eigenvalue weighted by molar-refractivity contribution is 5.74. The van der Waals surface area contributed by atoms with Gasteiger partial charge in [-0.1, -0.05) is 48.5 Å². The Labute approximate surface area is 174 Å². The Hall–Kier alpha value is -3.77. The number of rotatable bonds is 6. The molecule has 0 unspecified atom stereocenters. The van der Waals surface area contributed by atoms with Gasteiger partial charge < -0.3 is 14.8 Å². The second-order valence-corrected chi connectivity index (χ2v) is 6.91. The topological polar surface area (TPSA) is 71.0 Å². The number of amides is 2. The van der Waals surface area contributed by atoms with Crippen molar-refractivity contribution in [3.63, 3.8) is 0 Å². The van der Waals surface area contributed by atoms with Crippen molar-refractivity contribution in [3.05, 3.63) is 95.6 Å². The number of fused-ring (bicyclic) bond motifs is 1. The molecule has 0 saturated heterocycles. The molecule has 0 aromatic heterocycles. The lowest BCUT2D eigenvalue weighted by Crippen LogP contribution is -2.38. The van der Waals surface area contributed by atoms with Crippen LogP contribution in [0.1, 0.15) is 11.1 Å². The highest BCUT2D eigenvalue weighted by Gasteiger charge is 2.15. The summed E-state index contributed by atoms with van der Waals surface area (Å²) in [6, 6.07) is 23.9. The normalized spacial score (nSPS) is 12.2. The molecular formula is C24H22N2O4. The standard InChI is InChI=1S/C24H22N2O4/c27-24(26(28)16-18-7-3-1-4-8-18)25-15-19-13-20-14-22(11-12-23(20)29-17-19)30-21-9-5-2-6-10-21/h1-14,28H,15-17H2,(H,25,27). The van der Waals surface area contributed by atoms with Crippen LogP contribution in [0.5, 0.6) is 17.2 Å². The molecule has 2 amide bonds. The summed E-state index contributed by atoms with van der Waals surface area (Å²) in [5.41, 5.74) is 2.61. The minimum absolute atomic E-state index is 0.116. The zero-order valence-electron chi connectivity index (χ0n) is 16.3. The molecule has 30 heavy (non-hydrogen) atoms. The number of para-hydroxylation sites is 1. The van der Waals surface area contributed by atoms with Gasteiger partial charge in [0.15, 0.2) is 0 Å². The van der Waals surface area contributed by atoms with Crippen molar-refractivity contribution in [3.8, 4) is 17.2 Å². The molecule has 1 heterocycles. The quantitative estimate of drug-likeness (QED) is 0.456. The Balaban J connectivity index is 1.37. The van der Waals surface area contributed by atoms with E-state index in [4.69, 9.17) is 9.47 Å². The van der Waals surface area contributed by atoms with Gasteiger partial charge in [-0.25, -0.2) is 9.86 Å². The number of nitrogens with one attached hydrogen (secondary N) is 1. The second-order valence-electron chi connectivity index (χ2n) is 6.91. The maximum Gasteiger partial charge on any atom is 0.341 e. The Kier molecular flexibility index (Phi) is 5.96. The molecule has 152 valence electrons. The largest absolute Gasteiger partial charge is 0.489 e. The molecule has 6 nitrogen and oxygen atoms in total. The number of hydrogen-bond acceptors (Lipinski definition) is 4. The molecule has 0 fully saturated rings. The molecule has 1 aliphatic heterocycles. The minimum atomic E-state index is -0.563. The predicted molar refractivity (Wildman–Crippen MR) is 114 cm³/mol. The molecule has 6 heteroatoms. The van der Waals surface area contributed by atoms with E-state index in [1.165, 1.54) is 0 Å². The fourth-order valence-electron chi connectivity index (χ4n) is 3.10. The monoisotopic (exact) mass is 402 g/mol. The van der Waals surface area contributed by atoms with E-state index in [1.54, 1.807) is 0 Å². The maximum atomic E-state index is 12.2. The SMILES string of the molecule is O=C(NCC1=Cc2cc(Oc3ccccc3)ccc2OC1)N(O)Cc1ccccc1. The Morgan fingerprint density at radius 2 is 1.73 bits per heavy atom. The third kappa shape index (κ3) is 4.98. The van der Waals surface area contributed by atoms with Crippen LogP contribution in [0.25, 0.3) is 6.08 Å². The molecule has 3 aromatic carbocycles. The summed E-state index contributed by atoms with van der Waals surface area (Å²) in [6.07, 6.45) is 1.97. The molecule has 3 aromatic rings. The van der Waals surface area contributed by atoms with Crippen molar-refractivity contribution >= 4 is 12.1 Å². The Bertz CT molecular complexity index is 1040. The number of nitrogens with zero attached hydrogens (tertiary/aromatic N) is 1. The maximum absolute atomic E-state index is 12.2. The lowest BCUT2D eigenvalue weighted by molar-refractivity contribution is -0.0505. The first-order chi connectivity index (χ1) is 14.7. The first-order valence-corrected chi connectivity index (χ1v) is 9.65. The van der Waals surface area contributed by atoms with E-state index in [1.807, 2.05) is 84.9 Å². The number of urea groups is 1. The van der Waals surface area contributed by atoms with Crippen LogP contribution in [-0.4, -0.2) is 29.5 Å². The summed E-state index contributed by atoms with van der Waals surface area (Å²) in [7, 11) is 0. The predicted octanol–water partition coefficient (Wildman–Crippen LogP) is 4.86. The average molecular weight is 402 g/mol. The number of hydrogen-bond donors (Lipinski definition) is 2. The van der Waals surface area contributed by atoms with Crippen LogP contribution < -0.4 is 14.8 Å². The van der Waals surface area contributed by atoms with E-state index >= 15 is 0 Å². The molecule has 1 aliphatic rings. The van der Waals surface area contributed by atoms with Crippen molar-refractivity contribution in [1.29, 1.82) is 0 Å². The van der Waals surface area contributed by atoms with Gasteiger partial charge >= 0.3 is 6.03 Å². The van der Waals surface area contributed by atoms with Crippen LogP contribution in [0, 0.1) is 0 Å². The van der Waals surface area contributed by atoms with Gasteiger partial charge in [0.25, 0.3) is 0 Å². The van der Waals surface area contributed by atoms with Gasteiger partial charge in [0.05, 0.1) is 6.54 Å². The van der Waals surface area contributed by atoms with Gasteiger partial charge in [-0.05, 0) is 47.5 Å². The van der Waals surface area contributed by atoms with Crippen LogP contribution in [0.2, 0.25) is 0 Å². The van der Waals surface area contributed by atoms with Crippen molar-refractivity contribution in [2.75, 3.05) is 13.2 Å². The summed E-state index contributed by atoms with van der Waals surface area (Å²) in [5, 5.41) is 13.4. The van der Waals surface area contributed by atoms with Gasteiger partial charge in [0.2, 0.25) is 0 Å². The second kappa shape index (κ2) is 9.15. The van der Waals surface area contributed by atoms with Gasteiger partial charge in [0, 0.05) is 12.1 Å². The van der Waals surface area contributed by atoms with E-state index in [-0.39, 0.29) is 13.1 Å². The van der Waals surface area contributed by atoms with Crippen molar-refractivity contribution in [1.82, 2.24) is 10.4 Å². The Morgan fingerprint density at radius 3 is 2.50 bits per heavy atom. The number of hydroxylamine groups is 2. The molecule has 4 rings (SSSR count). The summed E-state index contributed by atoms with van der Waals surface area (Å²) in [4.78, 5) is 12.2. The molecule has 0 bridgehead atoms. The molecule has 0 spiro atoms. The number of carbonyl (C=O) groups excluding carboxylic acids is 1. The van der Waals surface area contributed by atoms with Crippen molar-refractivity contribution in [2.24, 2.45) is 0 Å². The molecule has 0 radical (unpaired) electrons. The smallest absolute Gasteiger partial charge is 0.341 e. The fourth-order valence-corrected chi connectivity index (χ4v) is 3.10. The molecular weight excluding hydrogens is 380 g/mol. The van der Waals surface area contributed by atoms with E-state index in [9.17, 15) is 10.0 Å². The van der Waals surface area contributed by atoms with Gasteiger partial charge in [0.1, 0.15) is 23.9 Å². The van der Waals surface area contributed by atoms with Gasteiger partial charge in [-0.15, -0.1) is 0 Å². The highest BCUT2D eigenvalue weighted by atomic mass is 16.5. The number of benzene rings is 3. The van der Waals surface area contributed by atoms with Crippen molar-refractivity contribution < 1.29 is 19.5 Å². The number of carbonyl (C=O) groups is 1.